The third-order valence-corrected chi connectivity index (χ3v) is 20.2. The Morgan fingerprint density at radius 1 is 0.660 bits per heavy atom. The van der Waals surface area contributed by atoms with E-state index in [9.17, 15) is 79.5 Å². The molecule has 13 unspecified atom stereocenters. The number of hydrogen-bond acceptors (Lipinski definition) is 28. The molecule has 0 saturated carbocycles. The molecule has 12 rings (SSSR count). The lowest BCUT2D eigenvalue weighted by molar-refractivity contribution is -0.324. The highest BCUT2D eigenvalue weighted by Gasteiger charge is 2.55. The van der Waals surface area contributed by atoms with Crippen LogP contribution < -0.4 is 10.5 Å². The molecule has 0 amide bonds. The third kappa shape index (κ3) is 12.7. The number of ether oxygens (including phenoxy) is 10. The first kappa shape index (κ1) is 71.1. The van der Waals surface area contributed by atoms with Crippen LogP contribution in [0.2, 0.25) is 0 Å². The molecule has 11 N–H and O–H groups in total. The number of phenols is 4. The fraction of sp³-hybridized carbons (Fsp3) is 0.551. The zero-order valence-electron chi connectivity index (χ0n) is 54.9. The van der Waals surface area contributed by atoms with Gasteiger partial charge in [-0.1, -0.05) is 31.2 Å². The first-order valence-corrected chi connectivity index (χ1v) is 32.3. The molecule has 8 aliphatic rings. The van der Waals surface area contributed by atoms with Crippen molar-refractivity contribution in [3.8, 4) is 28.7 Å². The van der Waals surface area contributed by atoms with E-state index in [4.69, 9.17) is 53.1 Å². The molecule has 4 heterocycles. The number of nitrogens with zero attached hydrogens (tertiary/aromatic N) is 1. The molecule has 28 heteroatoms. The van der Waals surface area contributed by atoms with Gasteiger partial charge in [-0.15, -0.1) is 0 Å². The van der Waals surface area contributed by atoms with Gasteiger partial charge in [0.25, 0.3) is 0 Å². The van der Waals surface area contributed by atoms with Crippen LogP contribution in [0.25, 0.3) is 0 Å². The van der Waals surface area contributed by atoms with Crippen molar-refractivity contribution < 1.29 is 127 Å². The van der Waals surface area contributed by atoms with Gasteiger partial charge in [-0.05, 0) is 72.0 Å². The van der Waals surface area contributed by atoms with Crippen LogP contribution in [0, 0.1) is 0 Å². The van der Waals surface area contributed by atoms with Crippen molar-refractivity contribution in [1.82, 2.24) is 4.90 Å². The van der Waals surface area contributed by atoms with Gasteiger partial charge in [-0.2, -0.15) is 0 Å². The van der Waals surface area contributed by atoms with Crippen molar-refractivity contribution in [3.05, 3.63) is 109 Å². The van der Waals surface area contributed by atoms with Crippen LogP contribution in [0.1, 0.15) is 190 Å². The second-order valence-corrected chi connectivity index (χ2v) is 26.4. The number of carbonyl (C=O) groups excluding carboxylic acids is 7. The minimum atomic E-state index is -2.24. The second-order valence-electron chi connectivity index (χ2n) is 26.4. The predicted octanol–water partition coefficient (Wildman–Crippen LogP) is 3.16. The molecular weight excluding hydrogens is 1270 g/mol. The Labute approximate surface area is 556 Å². The summed E-state index contributed by atoms with van der Waals surface area (Å²) in [5.41, 5.74) is -0.121. The average molecular weight is 1360 g/mol. The van der Waals surface area contributed by atoms with Crippen LogP contribution in [-0.4, -0.2) is 224 Å². The van der Waals surface area contributed by atoms with Crippen molar-refractivity contribution in [2.75, 3.05) is 34.9 Å². The van der Waals surface area contributed by atoms with Gasteiger partial charge in [0.05, 0.1) is 90.4 Å². The van der Waals surface area contributed by atoms with Crippen molar-refractivity contribution in [3.63, 3.8) is 0 Å². The number of ketones is 6. The predicted molar refractivity (Wildman–Crippen MR) is 333 cm³/mol. The zero-order valence-corrected chi connectivity index (χ0v) is 54.9. The Morgan fingerprint density at radius 2 is 1.25 bits per heavy atom. The summed E-state index contributed by atoms with van der Waals surface area (Å²) in [6.45, 7) is 7.51. The van der Waals surface area contributed by atoms with Gasteiger partial charge >= 0.3 is 5.97 Å². The van der Waals surface area contributed by atoms with E-state index in [1.54, 1.807) is 34.6 Å². The number of aromatic hydroxyl groups is 4. The highest BCUT2D eigenvalue weighted by molar-refractivity contribution is 6.32. The van der Waals surface area contributed by atoms with E-state index in [-0.39, 0.29) is 105 Å². The molecule has 4 aliphatic carbocycles. The molecule has 4 aromatic rings. The lowest BCUT2D eigenvalue weighted by Crippen LogP contribution is -2.58. The number of esters is 1. The Kier molecular flexibility index (Phi) is 20.1. The Hall–Kier alpha value is -7.23. The molecule has 97 heavy (non-hydrogen) atoms. The smallest absolute Gasteiger partial charge is 0.316 e. The second kappa shape index (κ2) is 27.5. The number of phenolic OH excluding ortho intramolecular Hbond substituents is 4. The molecular formula is C69H82N2O26. The van der Waals surface area contributed by atoms with Gasteiger partial charge in [0, 0.05) is 96.8 Å². The summed E-state index contributed by atoms with van der Waals surface area (Å²) >= 11 is 0. The van der Waals surface area contributed by atoms with E-state index in [0.29, 0.717) is 12.8 Å². The highest BCUT2D eigenvalue weighted by atomic mass is 16.7. The fourth-order valence-electron chi connectivity index (χ4n) is 15.0. The molecule has 4 aromatic carbocycles. The highest BCUT2D eigenvalue weighted by Crippen LogP contribution is 2.56. The van der Waals surface area contributed by atoms with Gasteiger partial charge in [0.15, 0.2) is 48.3 Å². The molecule has 19 atom stereocenters. The molecule has 0 aromatic heterocycles. The summed E-state index contributed by atoms with van der Waals surface area (Å²) in [6.07, 6.45) is -11.8. The molecule has 28 nitrogen and oxygen atoms in total. The number of likely N-dealkylation sites (N-methyl/N-ethyl adjacent to an activating group) is 1. The summed E-state index contributed by atoms with van der Waals surface area (Å²) in [5.74, 6) is -8.37. The Morgan fingerprint density at radius 3 is 1.87 bits per heavy atom. The molecule has 0 radical (unpaired) electrons. The monoisotopic (exact) mass is 1350 g/mol. The maximum absolute atomic E-state index is 13.9. The largest absolute Gasteiger partial charge is 0.507 e. The van der Waals surface area contributed by atoms with Crippen LogP contribution >= 0.6 is 0 Å². The van der Waals surface area contributed by atoms with Crippen molar-refractivity contribution in [2.24, 2.45) is 5.73 Å². The van der Waals surface area contributed by atoms with Gasteiger partial charge < -0.3 is 104 Å². The lowest BCUT2D eigenvalue weighted by Gasteiger charge is -2.48. The number of Topliss-reactive ketones (excluding diaryl/α,β-unsaturated/α-hetero) is 2. The number of aliphatic hydroxyl groups excluding tert-OH is 3. The van der Waals surface area contributed by atoms with Crippen LogP contribution in [-0.2, 0) is 63.4 Å². The summed E-state index contributed by atoms with van der Waals surface area (Å²) in [6, 6.07) is 8.74. The number of methoxy groups -OCH3 is 2. The van der Waals surface area contributed by atoms with E-state index in [1.165, 1.54) is 56.7 Å². The van der Waals surface area contributed by atoms with Crippen molar-refractivity contribution in [1.29, 1.82) is 0 Å². The van der Waals surface area contributed by atoms with Gasteiger partial charge in [-0.3, -0.25) is 33.6 Å². The maximum Gasteiger partial charge on any atom is 0.316 e. The quantitative estimate of drug-likeness (QED) is 0.0553. The Bertz CT molecular complexity index is 3790. The van der Waals surface area contributed by atoms with Gasteiger partial charge in [0.2, 0.25) is 11.6 Å². The fourth-order valence-corrected chi connectivity index (χ4v) is 15.0. The van der Waals surface area contributed by atoms with Crippen LogP contribution in [0.3, 0.4) is 0 Å². The molecule has 4 aliphatic heterocycles. The Balaban J connectivity index is 0.000000212. The van der Waals surface area contributed by atoms with Crippen LogP contribution in [0.5, 0.6) is 28.7 Å². The van der Waals surface area contributed by atoms with Crippen LogP contribution in [0.15, 0.2) is 42.5 Å². The SMILES string of the molecule is CCC1(O)CC(OC2CC(N(C)C)C(OC3CC(O)C(OC4CCC(=O)C(C)O4)C(C)O3)C(C)O2)c2c(cc3c(c2O)C(=O)c2c(O)cccc2C3=O)C1C(=O)OC.COc1cccc2c1C(=O)c1c(O)c3c(c(O)c1C2=O)C[C@@](O)(C(=O)CO)C[C@@H]3O[C@H]1C[C@H](N)[C@@H](O)[C@H](C)O1. The summed E-state index contributed by atoms with van der Waals surface area (Å²) < 4.78 is 59.6. The van der Waals surface area contributed by atoms with E-state index < -0.39 is 198 Å². The van der Waals surface area contributed by atoms with E-state index >= 15 is 0 Å². The molecule has 0 bridgehead atoms. The van der Waals surface area contributed by atoms with E-state index in [1.807, 2.05) is 19.0 Å². The third-order valence-electron chi connectivity index (χ3n) is 20.2. The lowest BCUT2D eigenvalue weighted by atomic mass is 9.67. The summed E-state index contributed by atoms with van der Waals surface area (Å²) in [4.78, 5) is 94.8. The number of hydrogen-bond donors (Lipinski definition) is 10. The number of nitrogens with two attached hydrogens (primary N) is 1. The summed E-state index contributed by atoms with van der Waals surface area (Å²) in [7, 11) is 6.24. The number of carbonyl (C=O) groups is 7. The first-order valence-electron chi connectivity index (χ1n) is 32.3. The van der Waals surface area contributed by atoms with E-state index in [2.05, 4.69) is 0 Å². The number of fused-ring (bicyclic) bond motifs is 6. The van der Waals surface area contributed by atoms with Gasteiger partial charge in [-0.25, -0.2) is 0 Å². The molecule has 4 fully saturated rings. The first-order chi connectivity index (χ1) is 45.9. The van der Waals surface area contributed by atoms with Crippen molar-refractivity contribution in [2.45, 2.75) is 208 Å². The topological polar surface area (TPSA) is 423 Å². The maximum atomic E-state index is 13.9. The number of benzene rings is 4. The standard InChI is InChI=1S/C42H53NO15.C27H29NO11/c1-8-42(51)17-28(33-22(35(42)41(50)52-7)14-23-34(38(33)49)37(48)32-21(36(23)47)10-9-11-26(32)45)56-30-15-24(43(5)6)39(19(3)54-30)58-31-16-27(46)40(20(4)55-31)57-29-13-12-25(44)18(2)53-29;1-10-22(31)13(28)6-17(38-10)39-15-8-27(36,16(30)9-29)7-12-19(15)26(35)21-20(24(12)33)23(32)11-4-3-5-14(37-2)18(11)25(21)34/h9-11,14,18-20,24,27-31,35,39-40,45-46,49,51H,8,12-13,15-17H2,1-7H3;3-5,10,13,15,17,22,29,31,33,35-36H,6-9,28H2,1-2H3/t;10-,13-,15-,17-,22-,27-/m.0/s1. The zero-order chi connectivity index (χ0) is 70.3. The van der Waals surface area contributed by atoms with Crippen molar-refractivity contribution >= 4 is 40.7 Å². The molecule has 4 saturated heterocycles. The van der Waals surface area contributed by atoms with Gasteiger partial charge in [0.1, 0.15) is 65.2 Å². The van der Waals surface area contributed by atoms with Crippen LogP contribution in [0.4, 0.5) is 0 Å². The average Bonchev–Trinajstić information content (AvgIpc) is 0.717. The number of aliphatic hydroxyl groups is 5. The van der Waals surface area contributed by atoms with E-state index in [0.717, 1.165) is 0 Å². The minimum Gasteiger partial charge on any atom is -0.507 e. The number of rotatable bonds is 14. The molecule has 0 spiro atoms. The normalized spacial score (nSPS) is 33.7. The summed E-state index contributed by atoms with van der Waals surface area (Å²) in [5, 5.41) is 99.6. The minimum absolute atomic E-state index is 0.00573. The molecule has 524 valence electrons.